The van der Waals surface area contributed by atoms with Gasteiger partial charge < -0.3 is 23.0 Å². The van der Waals surface area contributed by atoms with Crippen LogP contribution in [0.1, 0.15) is 110 Å². The molecule has 0 aliphatic carbocycles. The molecule has 1 atom stereocenters. The van der Waals surface area contributed by atoms with Crippen LogP contribution < -0.4 is 0 Å². The normalized spacial score (nSPS) is 12.3. The Balaban J connectivity index is 3.92. The molecule has 218 valence electrons. The van der Waals surface area contributed by atoms with Crippen LogP contribution in [0.25, 0.3) is 0 Å². The van der Waals surface area contributed by atoms with Crippen LogP contribution in [0.5, 0.6) is 0 Å². The highest BCUT2D eigenvalue weighted by Crippen LogP contribution is 2.50. The van der Waals surface area contributed by atoms with Crippen molar-refractivity contribution in [3.05, 3.63) is 12.2 Å². The molecule has 0 saturated heterocycles. The van der Waals surface area contributed by atoms with Crippen LogP contribution in [-0.4, -0.2) is 45.6 Å². The molecule has 0 amide bonds. The van der Waals surface area contributed by atoms with Crippen molar-refractivity contribution in [3.63, 3.8) is 0 Å². The molecule has 0 aromatic heterocycles. The smallest absolute Gasteiger partial charge is 0.327 e. The molecule has 0 aromatic rings. The molecule has 0 heterocycles. The molecule has 0 aromatic carbocycles. The van der Waals surface area contributed by atoms with Crippen LogP contribution in [0.3, 0.4) is 0 Å². The quantitative estimate of drug-likeness (QED) is 0.0423. The number of nitrogens with zero attached hydrogens (tertiary/aromatic N) is 2. The van der Waals surface area contributed by atoms with E-state index in [0.717, 1.165) is 25.7 Å². The first-order valence-corrected chi connectivity index (χ1v) is 16.7. The van der Waals surface area contributed by atoms with Gasteiger partial charge in [0.15, 0.2) is 0 Å². The number of allylic oxidation sites excluding steroid dienone is 2. The third-order valence-electron chi connectivity index (χ3n) is 5.75. The molecule has 38 heavy (non-hydrogen) atoms. The summed E-state index contributed by atoms with van der Waals surface area (Å²) in [6, 6.07) is 3.92. The van der Waals surface area contributed by atoms with Gasteiger partial charge in [-0.1, -0.05) is 70.4 Å². The SMILES string of the molecule is CCCCCCCC/C=C/CCCCCCCC(=O)OC[C@@H](COP(=S)(OCCC#N)OCCC#N)OC. The Morgan fingerprint density at radius 2 is 1.34 bits per heavy atom. The Hall–Kier alpha value is -1.32. The molecule has 0 aliphatic rings. The summed E-state index contributed by atoms with van der Waals surface area (Å²) in [6.45, 7) is -0.697. The van der Waals surface area contributed by atoms with Crippen LogP contribution in [0.2, 0.25) is 0 Å². The molecular formula is C28H49N2O6PS. The average molecular weight is 573 g/mol. The van der Waals surface area contributed by atoms with Crippen molar-refractivity contribution in [1.82, 2.24) is 0 Å². The maximum absolute atomic E-state index is 12.1. The van der Waals surface area contributed by atoms with Gasteiger partial charge in [-0.3, -0.25) is 4.79 Å². The van der Waals surface area contributed by atoms with Crippen LogP contribution in [0.15, 0.2) is 12.2 Å². The van der Waals surface area contributed by atoms with E-state index in [1.807, 2.05) is 12.1 Å². The number of carbonyl (C=O) groups is 1. The summed E-state index contributed by atoms with van der Waals surface area (Å²) < 4.78 is 27.2. The maximum Gasteiger partial charge on any atom is 0.327 e. The second-order valence-electron chi connectivity index (χ2n) is 9.10. The molecule has 0 aliphatic heterocycles. The van der Waals surface area contributed by atoms with Crippen LogP contribution in [0, 0.1) is 22.7 Å². The second-order valence-corrected chi connectivity index (χ2v) is 12.1. The zero-order valence-electron chi connectivity index (χ0n) is 23.6. The first-order chi connectivity index (χ1) is 18.5. The number of carbonyl (C=O) groups excluding carboxylic acids is 1. The van der Waals surface area contributed by atoms with E-state index >= 15 is 0 Å². The van der Waals surface area contributed by atoms with Crippen molar-refractivity contribution >= 4 is 24.5 Å². The summed E-state index contributed by atoms with van der Waals surface area (Å²) in [5, 5.41) is 17.4. The predicted octanol–water partition coefficient (Wildman–Crippen LogP) is 7.68. The highest BCUT2D eigenvalue weighted by molar-refractivity contribution is 8.07. The molecule has 8 nitrogen and oxygen atoms in total. The third-order valence-corrected chi connectivity index (χ3v) is 8.16. The van der Waals surface area contributed by atoms with Crippen LogP contribution in [0.4, 0.5) is 0 Å². The summed E-state index contributed by atoms with van der Waals surface area (Å²) in [7, 11) is 1.49. The minimum absolute atomic E-state index is 0.00751. The van der Waals surface area contributed by atoms with Gasteiger partial charge in [-0.25, -0.2) is 0 Å². The van der Waals surface area contributed by atoms with Gasteiger partial charge in [0, 0.05) is 13.5 Å². The number of methoxy groups -OCH3 is 1. The number of unbranched alkanes of at least 4 members (excludes halogenated alkanes) is 11. The first kappa shape index (κ1) is 36.7. The number of hydrogen-bond donors (Lipinski definition) is 0. The summed E-state index contributed by atoms with van der Waals surface area (Å²) in [4.78, 5) is 12.1. The van der Waals surface area contributed by atoms with Crippen molar-refractivity contribution in [2.45, 2.75) is 116 Å². The van der Waals surface area contributed by atoms with Crippen LogP contribution >= 0.6 is 6.72 Å². The second kappa shape index (κ2) is 27.3. The average Bonchev–Trinajstić information content (AvgIpc) is 2.91. The van der Waals surface area contributed by atoms with E-state index in [0.29, 0.717) is 6.42 Å². The number of ether oxygens (including phenoxy) is 2. The third kappa shape index (κ3) is 23.8. The molecular weight excluding hydrogens is 523 g/mol. The lowest BCUT2D eigenvalue weighted by atomic mass is 10.1. The zero-order valence-corrected chi connectivity index (χ0v) is 25.3. The lowest BCUT2D eigenvalue weighted by Crippen LogP contribution is -2.26. The molecule has 0 spiro atoms. The highest BCUT2D eigenvalue weighted by atomic mass is 32.5. The van der Waals surface area contributed by atoms with Gasteiger partial charge in [-0.05, 0) is 43.9 Å². The lowest BCUT2D eigenvalue weighted by molar-refractivity contribution is -0.148. The zero-order chi connectivity index (χ0) is 28.2. The fourth-order valence-corrected chi connectivity index (χ4v) is 5.31. The van der Waals surface area contributed by atoms with Crippen molar-refractivity contribution in [3.8, 4) is 12.1 Å². The van der Waals surface area contributed by atoms with Gasteiger partial charge in [-0.15, -0.1) is 0 Å². The highest BCUT2D eigenvalue weighted by Gasteiger charge is 2.23. The fraction of sp³-hybridized carbons (Fsp3) is 0.821. The monoisotopic (exact) mass is 572 g/mol. The molecule has 0 fully saturated rings. The molecule has 0 rings (SSSR count). The van der Waals surface area contributed by atoms with Gasteiger partial charge >= 0.3 is 12.7 Å². The topological polar surface area (TPSA) is 111 Å². The first-order valence-electron chi connectivity index (χ1n) is 14.1. The Morgan fingerprint density at radius 3 is 1.87 bits per heavy atom. The Morgan fingerprint density at radius 1 is 0.816 bits per heavy atom. The minimum atomic E-state index is -3.13. The largest absolute Gasteiger partial charge is 0.463 e. The van der Waals surface area contributed by atoms with Gasteiger partial charge in [0.2, 0.25) is 0 Å². The predicted molar refractivity (Wildman–Crippen MR) is 154 cm³/mol. The van der Waals surface area contributed by atoms with E-state index in [4.69, 9.17) is 45.4 Å². The van der Waals surface area contributed by atoms with Gasteiger partial charge in [0.25, 0.3) is 0 Å². The number of esters is 1. The standard InChI is InChI=1S/C28H49N2O6PS/c1-3-4-5-6-7-8-9-10-11-12-13-14-15-16-17-20-28(31)33-25-27(32-2)26-36-37(38,34-23-18-21-29)35-24-19-22-30/h10-11,27H,3-9,12-20,23-26H2,1-2H3/b11-10+/t27-/m0/s1. The fourth-order valence-electron chi connectivity index (χ4n) is 3.47. The van der Waals surface area contributed by atoms with Gasteiger partial charge in [0.1, 0.15) is 12.7 Å². The van der Waals surface area contributed by atoms with Gasteiger partial charge in [0.05, 0.1) is 44.8 Å². The molecule has 0 saturated carbocycles. The van der Waals surface area contributed by atoms with Gasteiger partial charge in [-0.2, -0.15) is 10.5 Å². The Bertz CT molecular complexity index is 714. The summed E-state index contributed by atoms with van der Waals surface area (Å²) >= 11 is 5.34. The van der Waals surface area contributed by atoms with Crippen molar-refractivity contribution in [2.75, 3.05) is 33.5 Å². The summed E-state index contributed by atoms with van der Waals surface area (Å²) in [5.41, 5.74) is 0. The molecule has 0 radical (unpaired) electrons. The minimum Gasteiger partial charge on any atom is -0.463 e. The molecule has 0 N–H and O–H groups in total. The van der Waals surface area contributed by atoms with E-state index in [9.17, 15) is 4.79 Å². The lowest BCUT2D eigenvalue weighted by Gasteiger charge is -2.23. The summed E-state index contributed by atoms with van der Waals surface area (Å²) in [5.74, 6) is -0.264. The Kier molecular flexibility index (Phi) is 26.3. The van der Waals surface area contributed by atoms with E-state index in [2.05, 4.69) is 19.1 Å². The van der Waals surface area contributed by atoms with Crippen molar-refractivity contribution in [1.29, 1.82) is 10.5 Å². The van der Waals surface area contributed by atoms with Crippen molar-refractivity contribution < 1.29 is 27.8 Å². The molecule has 0 bridgehead atoms. The number of hydrogen-bond acceptors (Lipinski definition) is 9. The van der Waals surface area contributed by atoms with E-state index in [-0.39, 0.29) is 45.2 Å². The van der Waals surface area contributed by atoms with E-state index in [1.54, 1.807) is 0 Å². The summed E-state index contributed by atoms with van der Waals surface area (Å²) in [6.07, 6.45) is 20.5. The molecule has 10 heteroatoms. The van der Waals surface area contributed by atoms with Crippen molar-refractivity contribution in [2.24, 2.45) is 0 Å². The van der Waals surface area contributed by atoms with Crippen LogP contribution in [-0.2, 0) is 39.6 Å². The van der Waals surface area contributed by atoms with E-state index < -0.39 is 12.8 Å². The molecule has 0 unspecified atom stereocenters. The number of nitriles is 2. The van der Waals surface area contributed by atoms with E-state index in [1.165, 1.54) is 64.9 Å². The maximum atomic E-state index is 12.1. The Labute approximate surface area is 236 Å². The number of rotatable bonds is 27.